The van der Waals surface area contributed by atoms with Crippen molar-refractivity contribution in [2.45, 2.75) is 232 Å². The molecule has 0 unspecified atom stereocenters. The van der Waals surface area contributed by atoms with Crippen molar-refractivity contribution in [2.24, 2.45) is 0 Å². The lowest BCUT2D eigenvalue weighted by Gasteiger charge is -2.18. The van der Waals surface area contributed by atoms with Gasteiger partial charge in [-0.3, -0.25) is 14.4 Å². The van der Waals surface area contributed by atoms with Gasteiger partial charge in [-0.2, -0.15) is 0 Å². The Hall–Kier alpha value is -3.93. The van der Waals surface area contributed by atoms with E-state index >= 15 is 0 Å². The number of esters is 3. The first-order valence-electron chi connectivity index (χ1n) is 26.4. The van der Waals surface area contributed by atoms with Gasteiger partial charge in [-0.25, -0.2) is 0 Å². The standard InChI is InChI=1S/C59H96O6/c1-4-7-10-13-16-19-22-25-28-29-32-34-37-40-43-46-49-52-58(61)64-55-56(65-59(62)53-50-47-44-41-38-35-31-27-24-21-18-15-12-9-6-3)54-63-57(60)51-48-45-42-39-36-33-30-26-23-20-17-14-11-8-5-2/h9,12,16-21,25-28,30-32,34,40,43,56H,4-8,10-11,13-15,22-24,29,33,35-39,41-42,44-55H2,1-3H3/b12-9-,19-16-,20-17-,21-18-,28-25-,30-26-,31-27-,34-32-,43-40-/t56-/m1/s1. The Morgan fingerprint density at radius 1 is 0.323 bits per heavy atom. The first-order chi connectivity index (χ1) is 32.0. The van der Waals surface area contributed by atoms with Crippen molar-refractivity contribution in [3.63, 3.8) is 0 Å². The Bertz CT molecular complexity index is 1360. The van der Waals surface area contributed by atoms with Gasteiger partial charge in [0.2, 0.25) is 0 Å². The fourth-order valence-corrected chi connectivity index (χ4v) is 6.77. The summed E-state index contributed by atoms with van der Waals surface area (Å²) in [6, 6.07) is 0. The van der Waals surface area contributed by atoms with E-state index in [1.807, 2.05) is 0 Å². The third-order valence-corrected chi connectivity index (χ3v) is 10.7. The number of allylic oxidation sites excluding steroid dienone is 18. The van der Waals surface area contributed by atoms with Crippen molar-refractivity contribution in [1.29, 1.82) is 0 Å². The average molecular weight is 901 g/mol. The smallest absolute Gasteiger partial charge is 0.306 e. The maximum Gasteiger partial charge on any atom is 0.306 e. The third-order valence-electron chi connectivity index (χ3n) is 10.7. The molecular formula is C59H96O6. The molecule has 6 heteroatoms. The summed E-state index contributed by atoms with van der Waals surface area (Å²) in [5, 5.41) is 0. The summed E-state index contributed by atoms with van der Waals surface area (Å²) in [6.45, 7) is 6.38. The molecule has 0 aliphatic rings. The van der Waals surface area contributed by atoms with Crippen LogP contribution in [0.5, 0.6) is 0 Å². The van der Waals surface area contributed by atoms with Crippen LogP contribution < -0.4 is 0 Å². The Labute approximate surface area is 400 Å². The number of hydrogen-bond donors (Lipinski definition) is 0. The quantitative estimate of drug-likeness (QED) is 0.0262. The molecule has 0 rings (SSSR count). The lowest BCUT2D eigenvalue weighted by atomic mass is 10.1. The van der Waals surface area contributed by atoms with Crippen molar-refractivity contribution in [3.8, 4) is 0 Å². The molecular weight excluding hydrogens is 805 g/mol. The Balaban J connectivity index is 4.54. The van der Waals surface area contributed by atoms with Gasteiger partial charge in [0.25, 0.3) is 0 Å². The van der Waals surface area contributed by atoms with E-state index in [0.29, 0.717) is 19.3 Å². The highest BCUT2D eigenvalue weighted by atomic mass is 16.6. The second kappa shape index (κ2) is 52.7. The lowest BCUT2D eigenvalue weighted by Crippen LogP contribution is -2.30. The maximum absolute atomic E-state index is 12.8. The number of unbranched alkanes of at least 4 members (excludes halogenated alkanes) is 17. The summed E-state index contributed by atoms with van der Waals surface area (Å²) in [5.41, 5.74) is 0. The van der Waals surface area contributed by atoms with E-state index in [1.165, 1.54) is 51.4 Å². The van der Waals surface area contributed by atoms with E-state index < -0.39 is 6.10 Å². The van der Waals surface area contributed by atoms with Crippen LogP contribution in [0.1, 0.15) is 226 Å². The zero-order chi connectivity index (χ0) is 47.2. The highest BCUT2D eigenvalue weighted by molar-refractivity contribution is 5.71. The monoisotopic (exact) mass is 901 g/mol. The molecule has 0 amide bonds. The summed E-state index contributed by atoms with van der Waals surface area (Å²) in [7, 11) is 0. The molecule has 0 fully saturated rings. The van der Waals surface area contributed by atoms with Crippen LogP contribution in [0.3, 0.4) is 0 Å². The van der Waals surface area contributed by atoms with Crippen molar-refractivity contribution in [3.05, 3.63) is 109 Å². The zero-order valence-electron chi connectivity index (χ0n) is 42.0. The number of hydrogen-bond acceptors (Lipinski definition) is 6. The molecule has 0 aliphatic heterocycles. The van der Waals surface area contributed by atoms with Crippen LogP contribution in [0.15, 0.2) is 109 Å². The molecule has 0 aromatic heterocycles. The first kappa shape index (κ1) is 61.1. The summed E-state index contributed by atoms with van der Waals surface area (Å²) >= 11 is 0. The molecule has 0 spiro atoms. The van der Waals surface area contributed by atoms with Gasteiger partial charge < -0.3 is 14.2 Å². The van der Waals surface area contributed by atoms with Crippen LogP contribution in [-0.2, 0) is 28.6 Å². The van der Waals surface area contributed by atoms with Crippen molar-refractivity contribution >= 4 is 17.9 Å². The van der Waals surface area contributed by atoms with Crippen LogP contribution in [0.25, 0.3) is 0 Å². The Morgan fingerprint density at radius 3 is 1.00 bits per heavy atom. The summed E-state index contributed by atoms with van der Waals surface area (Å²) in [4.78, 5) is 38.0. The molecule has 6 nitrogen and oxygen atoms in total. The van der Waals surface area contributed by atoms with E-state index in [0.717, 1.165) is 128 Å². The van der Waals surface area contributed by atoms with E-state index in [4.69, 9.17) is 14.2 Å². The Morgan fingerprint density at radius 2 is 0.615 bits per heavy atom. The number of rotatable bonds is 46. The van der Waals surface area contributed by atoms with Crippen LogP contribution >= 0.6 is 0 Å². The van der Waals surface area contributed by atoms with E-state index in [2.05, 4.69) is 130 Å². The molecule has 0 bridgehead atoms. The third kappa shape index (κ3) is 50.9. The average Bonchev–Trinajstić information content (AvgIpc) is 3.30. The minimum atomic E-state index is -0.817. The molecule has 0 aromatic rings. The highest BCUT2D eigenvalue weighted by Gasteiger charge is 2.19. The van der Waals surface area contributed by atoms with Gasteiger partial charge in [0.05, 0.1) is 0 Å². The van der Waals surface area contributed by atoms with E-state index in [1.54, 1.807) is 0 Å². The predicted molar refractivity (Wildman–Crippen MR) is 279 cm³/mol. The molecule has 0 saturated carbocycles. The zero-order valence-corrected chi connectivity index (χ0v) is 42.0. The van der Waals surface area contributed by atoms with E-state index in [-0.39, 0.29) is 37.5 Å². The second-order valence-corrected chi connectivity index (χ2v) is 17.0. The van der Waals surface area contributed by atoms with Crippen LogP contribution in [0, 0.1) is 0 Å². The fourth-order valence-electron chi connectivity index (χ4n) is 6.77. The van der Waals surface area contributed by atoms with Crippen LogP contribution in [0.4, 0.5) is 0 Å². The van der Waals surface area contributed by atoms with Gasteiger partial charge in [-0.05, 0) is 122 Å². The van der Waals surface area contributed by atoms with Crippen LogP contribution in [-0.4, -0.2) is 37.2 Å². The first-order valence-corrected chi connectivity index (χ1v) is 26.4. The van der Waals surface area contributed by atoms with Gasteiger partial charge in [0.1, 0.15) is 13.2 Å². The minimum absolute atomic E-state index is 0.112. The second-order valence-electron chi connectivity index (χ2n) is 17.0. The summed E-state index contributed by atoms with van der Waals surface area (Å²) < 4.78 is 16.7. The van der Waals surface area contributed by atoms with Crippen molar-refractivity contribution < 1.29 is 28.6 Å². The SMILES string of the molecule is CC/C=C\C/C=C\C/C=C\CCCCCCCC(=O)O[C@@H](COC(=O)CCC/C=C\C/C=C\C/C=C\C/C=C\CCCCC)COC(=O)CCCCCCC/C=C\C/C=C\CCCCC. The minimum Gasteiger partial charge on any atom is -0.462 e. The summed E-state index contributed by atoms with van der Waals surface area (Å²) in [6.07, 6.45) is 70.7. The molecule has 0 N–H and O–H groups in total. The largest absolute Gasteiger partial charge is 0.462 e. The van der Waals surface area contributed by atoms with Gasteiger partial charge in [0, 0.05) is 19.3 Å². The van der Waals surface area contributed by atoms with Crippen molar-refractivity contribution in [2.75, 3.05) is 13.2 Å². The molecule has 0 saturated heterocycles. The topological polar surface area (TPSA) is 78.9 Å². The fraction of sp³-hybridized carbons (Fsp3) is 0.644. The molecule has 0 radical (unpaired) electrons. The molecule has 1 atom stereocenters. The van der Waals surface area contributed by atoms with E-state index in [9.17, 15) is 14.4 Å². The normalized spacial score (nSPS) is 13.0. The van der Waals surface area contributed by atoms with Gasteiger partial charge in [-0.1, -0.05) is 194 Å². The molecule has 0 aliphatic carbocycles. The molecule has 65 heavy (non-hydrogen) atoms. The van der Waals surface area contributed by atoms with Gasteiger partial charge >= 0.3 is 17.9 Å². The predicted octanol–water partition coefficient (Wildman–Crippen LogP) is 17.5. The van der Waals surface area contributed by atoms with Gasteiger partial charge in [-0.15, -0.1) is 0 Å². The number of carbonyl (C=O) groups is 3. The van der Waals surface area contributed by atoms with Crippen LogP contribution in [0.2, 0.25) is 0 Å². The number of ether oxygens (including phenoxy) is 3. The Kier molecular flexibility index (Phi) is 49.5. The van der Waals surface area contributed by atoms with Crippen molar-refractivity contribution in [1.82, 2.24) is 0 Å². The lowest BCUT2D eigenvalue weighted by molar-refractivity contribution is -0.167. The number of carbonyl (C=O) groups excluding carboxylic acids is 3. The maximum atomic E-state index is 12.8. The highest BCUT2D eigenvalue weighted by Crippen LogP contribution is 2.12. The molecule has 0 aromatic carbocycles. The summed E-state index contributed by atoms with van der Waals surface area (Å²) in [5.74, 6) is -1.00. The van der Waals surface area contributed by atoms with Gasteiger partial charge in [0.15, 0.2) is 6.10 Å². The molecule has 368 valence electrons. The molecule has 0 heterocycles.